The van der Waals surface area contributed by atoms with Crippen molar-refractivity contribution in [3.8, 4) is 5.75 Å². The Morgan fingerprint density at radius 1 is 0.879 bits per heavy atom. The van der Waals surface area contributed by atoms with Gasteiger partial charge in [0.25, 0.3) is 11.8 Å². The molecule has 2 amide bonds. The summed E-state index contributed by atoms with van der Waals surface area (Å²) in [6.45, 7) is 5.43. The van der Waals surface area contributed by atoms with E-state index in [2.05, 4.69) is 21.7 Å². The van der Waals surface area contributed by atoms with Crippen molar-refractivity contribution in [3.63, 3.8) is 0 Å². The summed E-state index contributed by atoms with van der Waals surface area (Å²) >= 11 is 0. The van der Waals surface area contributed by atoms with E-state index in [-0.39, 0.29) is 11.8 Å². The van der Waals surface area contributed by atoms with E-state index >= 15 is 0 Å². The Morgan fingerprint density at radius 2 is 1.61 bits per heavy atom. The van der Waals surface area contributed by atoms with Gasteiger partial charge >= 0.3 is 0 Å². The molecule has 1 aromatic carbocycles. The van der Waals surface area contributed by atoms with E-state index in [1.54, 1.807) is 13.3 Å². The number of carbonyl (C=O) groups is 2. The molecule has 0 aliphatic carbocycles. The van der Waals surface area contributed by atoms with Gasteiger partial charge in [-0.1, -0.05) is 44.4 Å². The second kappa shape index (κ2) is 10.5. The molecule has 1 saturated heterocycles. The fraction of sp³-hybridized carbons (Fsp3) is 0.423. The first-order valence-electron chi connectivity index (χ1n) is 11.8. The number of hydrogen-bond donors (Lipinski definition) is 0. The van der Waals surface area contributed by atoms with Crippen molar-refractivity contribution in [2.45, 2.75) is 32.6 Å². The van der Waals surface area contributed by atoms with Gasteiger partial charge < -0.3 is 14.5 Å². The van der Waals surface area contributed by atoms with E-state index < -0.39 is 0 Å². The van der Waals surface area contributed by atoms with Crippen LogP contribution >= 0.6 is 0 Å². The molecule has 2 aromatic rings. The van der Waals surface area contributed by atoms with Crippen molar-refractivity contribution in [3.05, 3.63) is 59.9 Å². The van der Waals surface area contributed by atoms with Gasteiger partial charge in [0.1, 0.15) is 17.3 Å². The molecule has 3 heterocycles. The molecule has 2 aliphatic heterocycles. The predicted octanol–water partition coefficient (Wildman–Crippen LogP) is 3.57. The van der Waals surface area contributed by atoms with E-state index in [4.69, 9.17) is 4.74 Å². The number of rotatable bonds is 9. The normalized spacial score (nSPS) is 16.7. The Hall–Kier alpha value is -3.35. The average Bonchev–Trinajstić information content (AvgIpc) is 3.12. The van der Waals surface area contributed by atoms with Crippen molar-refractivity contribution in [2.75, 3.05) is 44.7 Å². The molecule has 0 atom stereocenters. The predicted molar refractivity (Wildman–Crippen MR) is 129 cm³/mol. The number of pyridine rings is 1. The largest absolute Gasteiger partial charge is 0.497 e. The molecule has 0 unspecified atom stereocenters. The van der Waals surface area contributed by atoms with Gasteiger partial charge in [-0.15, -0.1) is 0 Å². The van der Waals surface area contributed by atoms with Crippen LogP contribution in [0.5, 0.6) is 5.75 Å². The smallest absolute Gasteiger partial charge is 0.277 e. The molecule has 7 nitrogen and oxygen atoms in total. The Kier molecular flexibility index (Phi) is 7.27. The zero-order valence-corrected chi connectivity index (χ0v) is 19.5. The van der Waals surface area contributed by atoms with Crippen LogP contribution in [0, 0.1) is 0 Å². The average molecular weight is 449 g/mol. The molecular weight excluding hydrogens is 416 g/mol. The fourth-order valence-electron chi connectivity index (χ4n) is 4.47. The summed E-state index contributed by atoms with van der Waals surface area (Å²) in [6.07, 6.45) is 5.87. The quantitative estimate of drug-likeness (QED) is 0.432. The highest BCUT2D eigenvalue weighted by Crippen LogP contribution is 2.33. The minimum absolute atomic E-state index is 0.173. The van der Waals surface area contributed by atoms with E-state index in [0.717, 1.165) is 55.9 Å². The van der Waals surface area contributed by atoms with Crippen molar-refractivity contribution >= 4 is 23.2 Å². The van der Waals surface area contributed by atoms with Gasteiger partial charge in [0, 0.05) is 38.9 Å². The van der Waals surface area contributed by atoms with Gasteiger partial charge in [0.05, 0.1) is 12.7 Å². The van der Waals surface area contributed by atoms with Gasteiger partial charge in [-0.05, 0) is 36.2 Å². The lowest BCUT2D eigenvalue weighted by Crippen LogP contribution is -2.48. The number of nitrogens with zero attached hydrogens (tertiary/aromatic N) is 4. The van der Waals surface area contributed by atoms with Crippen LogP contribution in [0.25, 0.3) is 5.57 Å². The zero-order chi connectivity index (χ0) is 23.2. The van der Waals surface area contributed by atoms with Crippen LogP contribution in [0.3, 0.4) is 0 Å². The van der Waals surface area contributed by atoms with Gasteiger partial charge in [-0.2, -0.15) is 0 Å². The maximum atomic E-state index is 13.5. The van der Waals surface area contributed by atoms with Crippen LogP contribution in [-0.2, 0) is 9.59 Å². The third-order valence-electron chi connectivity index (χ3n) is 6.33. The van der Waals surface area contributed by atoms with E-state index in [1.165, 1.54) is 4.90 Å². The van der Waals surface area contributed by atoms with E-state index in [9.17, 15) is 9.59 Å². The van der Waals surface area contributed by atoms with Crippen molar-refractivity contribution in [1.82, 2.24) is 14.8 Å². The number of amides is 2. The third kappa shape index (κ3) is 4.87. The monoisotopic (exact) mass is 448 g/mol. The standard InChI is InChI=1S/C26H32N4O3/c1-3-4-5-8-15-30-25(31)23(20-10-12-21(33-2)13-11-20)24(26(30)32)29-18-16-28(17-19-29)22-9-6-7-14-27-22/h6-7,9-14H,3-5,8,15-19H2,1-2H3. The van der Waals surface area contributed by atoms with Gasteiger partial charge in [-0.25, -0.2) is 4.98 Å². The lowest BCUT2D eigenvalue weighted by atomic mass is 10.0. The van der Waals surface area contributed by atoms with Crippen LogP contribution in [0.4, 0.5) is 5.82 Å². The van der Waals surface area contributed by atoms with Crippen molar-refractivity contribution in [1.29, 1.82) is 0 Å². The molecular formula is C26H32N4O3. The number of ether oxygens (including phenoxy) is 1. The lowest BCUT2D eigenvalue weighted by molar-refractivity contribution is -0.137. The molecule has 0 N–H and O–H groups in total. The second-order valence-electron chi connectivity index (χ2n) is 8.44. The van der Waals surface area contributed by atoms with Crippen molar-refractivity contribution < 1.29 is 14.3 Å². The second-order valence-corrected chi connectivity index (χ2v) is 8.44. The number of aromatic nitrogens is 1. The highest BCUT2D eigenvalue weighted by atomic mass is 16.5. The number of methoxy groups -OCH3 is 1. The third-order valence-corrected chi connectivity index (χ3v) is 6.33. The van der Waals surface area contributed by atoms with Crippen LogP contribution in [0.1, 0.15) is 38.2 Å². The van der Waals surface area contributed by atoms with Crippen LogP contribution in [-0.4, -0.2) is 66.4 Å². The molecule has 2 aliphatic rings. The Morgan fingerprint density at radius 3 is 2.24 bits per heavy atom. The molecule has 1 fully saturated rings. The summed E-state index contributed by atoms with van der Waals surface area (Å²) < 4.78 is 5.27. The summed E-state index contributed by atoms with van der Waals surface area (Å²) in [5, 5.41) is 0. The highest BCUT2D eigenvalue weighted by Gasteiger charge is 2.41. The van der Waals surface area contributed by atoms with Gasteiger partial charge in [0.15, 0.2) is 0 Å². The first-order valence-corrected chi connectivity index (χ1v) is 11.8. The molecule has 0 bridgehead atoms. The summed E-state index contributed by atoms with van der Waals surface area (Å²) in [4.78, 5) is 37.1. The number of carbonyl (C=O) groups excluding carboxylic acids is 2. The molecule has 33 heavy (non-hydrogen) atoms. The number of piperazine rings is 1. The molecule has 4 rings (SSSR count). The topological polar surface area (TPSA) is 66.0 Å². The Balaban J connectivity index is 1.58. The van der Waals surface area contributed by atoms with Gasteiger partial charge in [0.2, 0.25) is 0 Å². The molecule has 174 valence electrons. The minimum atomic E-state index is -0.191. The molecule has 7 heteroatoms. The summed E-state index contributed by atoms with van der Waals surface area (Å²) in [6, 6.07) is 13.3. The van der Waals surface area contributed by atoms with Crippen LogP contribution < -0.4 is 9.64 Å². The fourth-order valence-corrected chi connectivity index (χ4v) is 4.47. The van der Waals surface area contributed by atoms with Crippen LogP contribution in [0.15, 0.2) is 54.4 Å². The molecule has 0 saturated carbocycles. The first-order chi connectivity index (χ1) is 16.1. The van der Waals surface area contributed by atoms with Crippen molar-refractivity contribution in [2.24, 2.45) is 0 Å². The van der Waals surface area contributed by atoms with Crippen LogP contribution in [0.2, 0.25) is 0 Å². The minimum Gasteiger partial charge on any atom is -0.497 e. The SMILES string of the molecule is CCCCCCN1C(=O)C(c2ccc(OC)cc2)=C(N2CCN(c3ccccn3)CC2)C1=O. The number of anilines is 1. The molecule has 0 spiro atoms. The summed E-state index contributed by atoms with van der Waals surface area (Å²) in [5.41, 5.74) is 1.79. The van der Waals surface area contributed by atoms with E-state index in [1.807, 2.05) is 42.5 Å². The van der Waals surface area contributed by atoms with Gasteiger partial charge in [-0.3, -0.25) is 14.5 Å². The molecule has 1 aromatic heterocycles. The summed E-state index contributed by atoms with van der Waals surface area (Å²) in [5.74, 6) is 1.29. The highest BCUT2D eigenvalue weighted by molar-refractivity contribution is 6.35. The summed E-state index contributed by atoms with van der Waals surface area (Å²) in [7, 11) is 1.61. The maximum absolute atomic E-state index is 13.5. The number of hydrogen-bond acceptors (Lipinski definition) is 6. The Bertz CT molecular complexity index is 996. The lowest BCUT2D eigenvalue weighted by Gasteiger charge is -2.37. The number of imide groups is 1. The van der Waals surface area contributed by atoms with E-state index in [0.29, 0.717) is 30.9 Å². The number of unbranched alkanes of at least 4 members (excludes halogenated alkanes) is 3. The number of benzene rings is 1. The molecule has 0 radical (unpaired) electrons. The Labute approximate surface area is 195 Å². The maximum Gasteiger partial charge on any atom is 0.277 e. The zero-order valence-electron chi connectivity index (χ0n) is 19.5. The first kappa shape index (κ1) is 22.8.